The number of halogens is 4. The summed E-state index contributed by atoms with van der Waals surface area (Å²) in [4.78, 5) is 11.5. The van der Waals surface area contributed by atoms with Crippen molar-refractivity contribution in [2.45, 2.75) is 25.9 Å². The third-order valence-corrected chi connectivity index (χ3v) is 3.05. The van der Waals surface area contributed by atoms with Crippen molar-refractivity contribution in [3.63, 3.8) is 0 Å². The number of carbonyl (C=O) groups is 1. The second-order valence-electron chi connectivity index (χ2n) is 3.93. The Morgan fingerprint density at radius 1 is 1.37 bits per heavy atom. The minimum Gasteiger partial charge on any atom is -0.338 e. The summed E-state index contributed by atoms with van der Waals surface area (Å²) in [6.45, 7) is 2.46. The van der Waals surface area contributed by atoms with Gasteiger partial charge in [0.2, 0.25) is 0 Å². The van der Waals surface area contributed by atoms with Crippen LogP contribution in [0.15, 0.2) is 22.7 Å². The molecule has 0 saturated carbocycles. The van der Waals surface area contributed by atoms with Gasteiger partial charge in [0.15, 0.2) is 0 Å². The molecule has 2 amide bonds. The van der Waals surface area contributed by atoms with Gasteiger partial charge in [0.05, 0.1) is 11.3 Å². The predicted octanol–water partition coefficient (Wildman–Crippen LogP) is 4.39. The fourth-order valence-electron chi connectivity index (χ4n) is 1.34. The zero-order valence-corrected chi connectivity index (χ0v) is 11.9. The Hall–Kier alpha value is -1.24. The summed E-state index contributed by atoms with van der Waals surface area (Å²) in [7, 11) is 0. The number of benzene rings is 1. The molecule has 0 aliphatic rings. The zero-order valence-electron chi connectivity index (χ0n) is 10.3. The molecular formula is C12H14BrF3N2O. The summed E-state index contributed by atoms with van der Waals surface area (Å²) in [6.07, 6.45) is -2.69. The number of nitrogens with one attached hydrogen (secondary N) is 2. The van der Waals surface area contributed by atoms with Crippen LogP contribution in [0, 0.1) is 0 Å². The third-order valence-electron chi connectivity index (χ3n) is 2.36. The van der Waals surface area contributed by atoms with Gasteiger partial charge in [0.25, 0.3) is 0 Å². The second kappa shape index (κ2) is 6.79. The Balaban J connectivity index is 2.74. The van der Waals surface area contributed by atoms with Crippen molar-refractivity contribution >= 4 is 27.6 Å². The van der Waals surface area contributed by atoms with Crippen molar-refractivity contribution in [2.24, 2.45) is 0 Å². The molecule has 2 N–H and O–H groups in total. The molecule has 0 bridgehead atoms. The quantitative estimate of drug-likeness (QED) is 0.785. The number of alkyl halides is 3. The van der Waals surface area contributed by atoms with Gasteiger partial charge in [0, 0.05) is 11.0 Å². The number of carbonyl (C=O) groups excluding carboxylic acids is 1. The van der Waals surface area contributed by atoms with Crippen molar-refractivity contribution in [3.05, 3.63) is 28.2 Å². The summed E-state index contributed by atoms with van der Waals surface area (Å²) in [5.74, 6) is 0. The van der Waals surface area contributed by atoms with Gasteiger partial charge in [-0.15, -0.1) is 0 Å². The minimum atomic E-state index is -4.43. The van der Waals surface area contributed by atoms with E-state index in [-0.39, 0.29) is 5.69 Å². The largest absolute Gasteiger partial charge is 0.416 e. The van der Waals surface area contributed by atoms with Crippen LogP contribution >= 0.6 is 15.9 Å². The van der Waals surface area contributed by atoms with Gasteiger partial charge in [-0.2, -0.15) is 13.2 Å². The van der Waals surface area contributed by atoms with Crippen molar-refractivity contribution in [2.75, 3.05) is 11.9 Å². The molecule has 0 aromatic heterocycles. The van der Waals surface area contributed by atoms with E-state index in [2.05, 4.69) is 26.6 Å². The van der Waals surface area contributed by atoms with Crippen LogP contribution in [0.25, 0.3) is 0 Å². The van der Waals surface area contributed by atoms with E-state index in [0.717, 1.165) is 25.0 Å². The van der Waals surface area contributed by atoms with Crippen LogP contribution < -0.4 is 10.6 Å². The lowest BCUT2D eigenvalue weighted by Crippen LogP contribution is -2.29. The smallest absolute Gasteiger partial charge is 0.338 e. The first-order chi connectivity index (χ1) is 8.84. The molecule has 0 saturated heterocycles. The van der Waals surface area contributed by atoms with E-state index in [9.17, 15) is 18.0 Å². The SMILES string of the molecule is CCCCNC(=O)Nc1cc(C(F)(F)F)ccc1Br. The standard InChI is InChI=1S/C12H14BrF3N2O/c1-2-3-6-17-11(19)18-10-7-8(12(14,15)16)4-5-9(10)13/h4-5,7H,2-3,6H2,1H3,(H2,17,18,19). The zero-order chi connectivity index (χ0) is 14.5. The summed E-state index contributed by atoms with van der Waals surface area (Å²) < 4.78 is 38.0. The Kier molecular flexibility index (Phi) is 5.65. The summed E-state index contributed by atoms with van der Waals surface area (Å²) in [5.41, 5.74) is -0.719. The topological polar surface area (TPSA) is 41.1 Å². The molecule has 1 rings (SSSR count). The molecule has 7 heteroatoms. The van der Waals surface area contributed by atoms with E-state index in [1.165, 1.54) is 6.07 Å². The second-order valence-corrected chi connectivity index (χ2v) is 4.78. The minimum absolute atomic E-state index is 0.0869. The van der Waals surface area contributed by atoms with E-state index >= 15 is 0 Å². The number of hydrogen-bond donors (Lipinski definition) is 2. The van der Waals surface area contributed by atoms with Gasteiger partial charge in [0.1, 0.15) is 0 Å². The molecule has 106 valence electrons. The molecule has 1 aromatic carbocycles. The summed E-state index contributed by atoms with van der Waals surface area (Å²) in [6, 6.07) is 2.58. The number of urea groups is 1. The van der Waals surface area contributed by atoms with Crippen LogP contribution in [-0.4, -0.2) is 12.6 Å². The first-order valence-corrected chi connectivity index (χ1v) is 6.55. The van der Waals surface area contributed by atoms with Gasteiger partial charge in [-0.25, -0.2) is 4.79 Å². The molecule has 0 aliphatic heterocycles. The molecule has 1 aromatic rings. The molecule has 19 heavy (non-hydrogen) atoms. The van der Waals surface area contributed by atoms with E-state index in [1.807, 2.05) is 6.92 Å². The molecular weight excluding hydrogens is 325 g/mol. The number of amides is 2. The first-order valence-electron chi connectivity index (χ1n) is 5.76. The van der Waals surface area contributed by atoms with Crippen LogP contribution in [0.2, 0.25) is 0 Å². The van der Waals surface area contributed by atoms with Crippen LogP contribution in [0.3, 0.4) is 0 Å². The maximum Gasteiger partial charge on any atom is 0.416 e. The average Bonchev–Trinajstić information content (AvgIpc) is 2.31. The fraction of sp³-hybridized carbons (Fsp3) is 0.417. The molecule has 0 atom stereocenters. The fourth-order valence-corrected chi connectivity index (χ4v) is 1.69. The normalized spacial score (nSPS) is 11.2. The van der Waals surface area contributed by atoms with Crippen LogP contribution in [0.1, 0.15) is 25.3 Å². The van der Waals surface area contributed by atoms with E-state index < -0.39 is 17.8 Å². The van der Waals surface area contributed by atoms with Crippen molar-refractivity contribution in [1.29, 1.82) is 0 Å². The molecule has 0 fully saturated rings. The van der Waals surface area contributed by atoms with Crippen LogP contribution in [0.4, 0.5) is 23.7 Å². The van der Waals surface area contributed by atoms with Gasteiger partial charge < -0.3 is 10.6 Å². The molecule has 3 nitrogen and oxygen atoms in total. The van der Waals surface area contributed by atoms with E-state index in [4.69, 9.17) is 0 Å². The van der Waals surface area contributed by atoms with Crippen LogP contribution in [0.5, 0.6) is 0 Å². The predicted molar refractivity (Wildman–Crippen MR) is 71.1 cm³/mol. The highest BCUT2D eigenvalue weighted by molar-refractivity contribution is 9.10. The highest BCUT2D eigenvalue weighted by Gasteiger charge is 2.31. The molecule has 0 unspecified atom stereocenters. The Bertz CT molecular complexity index is 449. The number of anilines is 1. The van der Waals surface area contributed by atoms with Crippen molar-refractivity contribution < 1.29 is 18.0 Å². The number of hydrogen-bond acceptors (Lipinski definition) is 1. The lowest BCUT2D eigenvalue weighted by atomic mass is 10.2. The lowest BCUT2D eigenvalue weighted by Gasteiger charge is -2.12. The lowest BCUT2D eigenvalue weighted by molar-refractivity contribution is -0.137. The van der Waals surface area contributed by atoms with E-state index in [0.29, 0.717) is 11.0 Å². The highest BCUT2D eigenvalue weighted by Crippen LogP contribution is 2.33. The molecule has 0 aliphatic carbocycles. The van der Waals surface area contributed by atoms with Gasteiger partial charge in [-0.05, 0) is 40.5 Å². The monoisotopic (exact) mass is 338 g/mol. The maximum atomic E-state index is 12.5. The molecule has 0 radical (unpaired) electrons. The molecule has 0 spiro atoms. The summed E-state index contributed by atoms with van der Waals surface area (Å²) in [5, 5.41) is 4.95. The van der Waals surface area contributed by atoms with Gasteiger partial charge in [-0.1, -0.05) is 13.3 Å². The van der Waals surface area contributed by atoms with Gasteiger partial charge >= 0.3 is 12.2 Å². The Morgan fingerprint density at radius 3 is 2.63 bits per heavy atom. The number of unbranched alkanes of at least 4 members (excludes halogenated alkanes) is 1. The van der Waals surface area contributed by atoms with Gasteiger partial charge in [-0.3, -0.25) is 0 Å². The Labute approximate surface area is 117 Å². The molecule has 0 heterocycles. The van der Waals surface area contributed by atoms with E-state index in [1.54, 1.807) is 0 Å². The van der Waals surface area contributed by atoms with Crippen LogP contribution in [-0.2, 0) is 6.18 Å². The van der Waals surface area contributed by atoms with Crippen molar-refractivity contribution in [1.82, 2.24) is 5.32 Å². The number of rotatable bonds is 4. The average molecular weight is 339 g/mol. The Morgan fingerprint density at radius 2 is 2.05 bits per heavy atom. The highest BCUT2D eigenvalue weighted by atomic mass is 79.9. The van der Waals surface area contributed by atoms with Crippen molar-refractivity contribution in [3.8, 4) is 0 Å². The third kappa shape index (κ3) is 5.10. The summed E-state index contributed by atoms with van der Waals surface area (Å²) >= 11 is 3.10. The maximum absolute atomic E-state index is 12.5. The first kappa shape index (κ1) is 15.8.